The van der Waals surface area contributed by atoms with Crippen LogP contribution in [-0.2, 0) is 0 Å². The van der Waals surface area contributed by atoms with E-state index in [1.54, 1.807) is 0 Å². The molecule has 0 N–H and O–H groups in total. The molecule has 2 aromatic rings. The fourth-order valence-corrected chi connectivity index (χ4v) is 1.72. The zero-order chi connectivity index (χ0) is 13.3. The van der Waals surface area contributed by atoms with Gasteiger partial charge in [0.25, 0.3) is 0 Å². The van der Waals surface area contributed by atoms with Gasteiger partial charge in [0.05, 0.1) is 0 Å². The van der Waals surface area contributed by atoms with E-state index in [1.807, 2.05) is 36.4 Å². The lowest BCUT2D eigenvalue weighted by Crippen LogP contribution is -1.71. The molecule has 0 saturated carbocycles. The van der Waals surface area contributed by atoms with E-state index >= 15 is 0 Å². The van der Waals surface area contributed by atoms with E-state index in [4.69, 9.17) is 0 Å². The normalized spacial score (nSPS) is 12.4. The zero-order valence-electron chi connectivity index (χ0n) is 11.2. The van der Waals surface area contributed by atoms with Gasteiger partial charge >= 0.3 is 0 Å². The molecule has 19 heavy (non-hydrogen) atoms. The van der Waals surface area contributed by atoms with Crippen LogP contribution in [0.1, 0.15) is 18.1 Å². The highest BCUT2D eigenvalue weighted by Gasteiger charge is 1.84. The van der Waals surface area contributed by atoms with Crippen LogP contribution in [0.2, 0.25) is 0 Å². The highest BCUT2D eigenvalue weighted by Crippen LogP contribution is 2.06. The van der Waals surface area contributed by atoms with Crippen molar-refractivity contribution in [3.63, 3.8) is 0 Å². The lowest BCUT2D eigenvalue weighted by Gasteiger charge is -1.93. The van der Waals surface area contributed by atoms with Crippen molar-refractivity contribution in [3.8, 4) is 0 Å². The third-order valence-corrected chi connectivity index (χ3v) is 2.79. The van der Waals surface area contributed by atoms with Crippen molar-refractivity contribution in [1.82, 2.24) is 0 Å². The van der Waals surface area contributed by atoms with Gasteiger partial charge in [-0.3, -0.25) is 0 Å². The van der Waals surface area contributed by atoms with Crippen LogP contribution in [0.3, 0.4) is 0 Å². The molecule has 0 amide bonds. The molecule has 0 aliphatic rings. The van der Waals surface area contributed by atoms with Crippen LogP contribution in [-0.4, -0.2) is 0 Å². The van der Waals surface area contributed by atoms with Gasteiger partial charge in [-0.2, -0.15) is 0 Å². The Labute approximate surface area is 115 Å². The molecule has 0 nitrogen and oxygen atoms in total. The summed E-state index contributed by atoms with van der Waals surface area (Å²) < 4.78 is 0. The lowest BCUT2D eigenvalue weighted by molar-refractivity contribution is 1.53. The number of allylic oxidation sites excluding steroid dienone is 4. The van der Waals surface area contributed by atoms with Crippen molar-refractivity contribution in [3.05, 3.63) is 95.6 Å². The minimum atomic E-state index is 1.22. The Hall–Kier alpha value is -2.34. The molecule has 2 aromatic carbocycles. The summed E-state index contributed by atoms with van der Waals surface area (Å²) in [7, 11) is 0. The summed E-state index contributed by atoms with van der Waals surface area (Å²) in [5, 5.41) is 0. The van der Waals surface area contributed by atoms with Gasteiger partial charge in [0.2, 0.25) is 0 Å². The van der Waals surface area contributed by atoms with Crippen molar-refractivity contribution in [2.24, 2.45) is 0 Å². The van der Waals surface area contributed by atoms with Gasteiger partial charge in [0.15, 0.2) is 0 Å². The van der Waals surface area contributed by atoms with Crippen LogP contribution >= 0.6 is 0 Å². The van der Waals surface area contributed by atoms with Crippen molar-refractivity contribution in [1.29, 1.82) is 0 Å². The van der Waals surface area contributed by atoms with Gasteiger partial charge in [-0.05, 0) is 18.1 Å². The molecule has 0 fully saturated rings. The van der Waals surface area contributed by atoms with Crippen LogP contribution in [0.5, 0.6) is 0 Å². The first kappa shape index (κ1) is 13.1. The van der Waals surface area contributed by atoms with Gasteiger partial charge < -0.3 is 0 Å². The van der Waals surface area contributed by atoms with E-state index in [1.165, 1.54) is 16.7 Å². The van der Waals surface area contributed by atoms with Crippen molar-refractivity contribution >= 4 is 12.2 Å². The first-order valence-corrected chi connectivity index (χ1v) is 6.48. The Morgan fingerprint density at radius 3 is 1.84 bits per heavy atom. The predicted octanol–water partition coefficient (Wildman–Crippen LogP) is 5.36. The average Bonchev–Trinajstić information content (AvgIpc) is 2.47. The fourth-order valence-electron chi connectivity index (χ4n) is 1.72. The summed E-state index contributed by atoms with van der Waals surface area (Å²) in [4.78, 5) is 0. The lowest BCUT2D eigenvalue weighted by atomic mass is 10.1. The largest absolute Gasteiger partial charge is 0.0622 e. The van der Waals surface area contributed by atoms with E-state index < -0.39 is 0 Å². The average molecular weight is 246 g/mol. The fraction of sp³-hybridized carbons (Fsp3) is 0.0526. The first-order valence-electron chi connectivity index (χ1n) is 6.48. The third kappa shape index (κ3) is 4.81. The topological polar surface area (TPSA) is 0 Å². The molecular weight excluding hydrogens is 228 g/mol. The monoisotopic (exact) mass is 246 g/mol. The van der Waals surface area contributed by atoms with E-state index in [9.17, 15) is 0 Å². The van der Waals surface area contributed by atoms with Gasteiger partial charge in [-0.25, -0.2) is 0 Å². The van der Waals surface area contributed by atoms with Crippen LogP contribution in [0.4, 0.5) is 0 Å². The maximum atomic E-state index is 2.13. The van der Waals surface area contributed by atoms with Crippen LogP contribution < -0.4 is 0 Å². The smallest absolute Gasteiger partial charge is 0.0257 e. The van der Waals surface area contributed by atoms with Gasteiger partial charge in [-0.15, -0.1) is 0 Å². The Morgan fingerprint density at radius 2 is 1.26 bits per heavy atom. The summed E-state index contributed by atoms with van der Waals surface area (Å²) >= 11 is 0. The maximum absolute atomic E-state index is 2.13. The molecule has 0 radical (unpaired) electrons. The molecular formula is C19H18. The Kier molecular flexibility index (Phi) is 4.95. The highest BCUT2D eigenvalue weighted by atomic mass is 13.9. The first-order chi connectivity index (χ1) is 9.34. The Balaban J connectivity index is 1.97. The second-order valence-electron chi connectivity index (χ2n) is 4.42. The summed E-state index contributed by atoms with van der Waals surface area (Å²) in [5.74, 6) is 0. The molecule has 2 rings (SSSR count). The van der Waals surface area contributed by atoms with Gasteiger partial charge in [-0.1, -0.05) is 96.6 Å². The molecule has 0 heteroatoms. The standard InChI is InChI=1S/C19H18/c1-17(15-16-19-12-6-3-7-13-19)9-8-14-18-10-4-2-5-11-18/h2-16H,1H3. The van der Waals surface area contributed by atoms with Gasteiger partial charge in [0, 0.05) is 0 Å². The maximum Gasteiger partial charge on any atom is -0.0257 e. The molecule has 0 bridgehead atoms. The van der Waals surface area contributed by atoms with Crippen molar-refractivity contribution < 1.29 is 0 Å². The summed E-state index contributed by atoms with van der Waals surface area (Å²) in [5.41, 5.74) is 3.68. The zero-order valence-corrected chi connectivity index (χ0v) is 11.2. The minimum Gasteiger partial charge on any atom is -0.0622 e. The molecule has 0 heterocycles. The molecule has 94 valence electrons. The van der Waals surface area contributed by atoms with E-state index in [0.29, 0.717) is 0 Å². The second kappa shape index (κ2) is 7.17. The summed E-state index contributed by atoms with van der Waals surface area (Å²) in [6.07, 6.45) is 10.6. The molecule has 0 aliphatic carbocycles. The third-order valence-electron chi connectivity index (χ3n) is 2.79. The quantitative estimate of drug-likeness (QED) is 0.637. The van der Waals surface area contributed by atoms with E-state index in [2.05, 4.69) is 61.6 Å². The summed E-state index contributed by atoms with van der Waals surface area (Å²) in [6, 6.07) is 20.6. The molecule has 0 atom stereocenters. The molecule has 0 unspecified atom stereocenters. The minimum absolute atomic E-state index is 1.22. The Morgan fingerprint density at radius 1 is 0.737 bits per heavy atom. The van der Waals surface area contributed by atoms with Gasteiger partial charge in [0.1, 0.15) is 0 Å². The van der Waals surface area contributed by atoms with Crippen molar-refractivity contribution in [2.45, 2.75) is 6.92 Å². The predicted molar refractivity (Wildman–Crippen MR) is 84.7 cm³/mol. The second-order valence-corrected chi connectivity index (χ2v) is 4.42. The van der Waals surface area contributed by atoms with E-state index in [-0.39, 0.29) is 0 Å². The molecule has 0 aliphatic heterocycles. The molecule has 0 spiro atoms. The summed E-state index contributed by atoms with van der Waals surface area (Å²) in [6.45, 7) is 2.11. The van der Waals surface area contributed by atoms with Crippen molar-refractivity contribution in [2.75, 3.05) is 0 Å². The van der Waals surface area contributed by atoms with Crippen LogP contribution in [0, 0.1) is 0 Å². The van der Waals surface area contributed by atoms with Crippen LogP contribution in [0.25, 0.3) is 12.2 Å². The SMILES string of the molecule is CC(C=Cc1ccccc1)=CC=Cc1ccccc1. The number of hydrogen-bond donors (Lipinski definition) is 0. The number of benzene rings is 2. The number of rotatable bonds is 4. The highest BCUT2D eigenvalue weighted by molar-refractivity contribution is 5.54. The molecule has 0 saturated heterocycles. The van der Waals surface area contributed by atoms with Crippen LogP contribution in [0.15, 0.2) is 84.5 Å². The number of hydrogen-bond acceptors (Lipinski definition) is 0. The Bertz CT molecular complexity index is 572. The molecule has 0 aromatic heterocycles. The van der Waals surface area contributed by atoms with E-state index in [0.717, 1.165) is 0 Å².